The quantitative estimate of drug-likeness (QED) is 0.857. The number of anilines is 1. The average Bonchev–Trinajstić information content (AvgIpc) is 2.64. The van der Waals surface area contributed by atoms with E-state index in [1.165, 1.54) is 30.5 Å². The molecule has 0 saturated carbocycles. The van der Waals surface area contributed by atoms with Crippen molar-refractivity contribution in [2.24, 2.45) is 5.92 Å². The Kier molecular flexibility index (Phi) is 5.68. The molecule has 1 heterocycles. The Balaban J connectivity index is 1.57. The van der Waals surface area contributed by atoms with Crippen LogP contribution in [0.1, 0.15) is 46.0 Å². The van der Waals surface area contributed by atoms with E-state index in [-0.39, 0.29) is 11.5 Å². The van der Waals surface area contributed by atoms with Gasteiger partial charge in [-0.25, -0.2) is 4.79 Å². The molecule has 0 bridgehead atoms. The monoisotopic (exact) mass is 352 g/mol. The molecule has 1 aliphatic rings. The molecule has 1 saturated heterocycles. The number of aromatic carboxylic acids is 1. The van der Waals surface area contributed by atoms with Crippen molar-refractivity contribution in [3.63, 3.8) is 0 Å². The predicted octanol–water partition coefficient (Wildman–Crippen LogP) is 3.87. The van der Waals surface area contributed by atoms with Crippen molar-refractivity contribution in [1.29, 1.82) is 0 Å². The molecule has 136 valence electrons. The van der Waals surface area contributed by atoms with Gasteiger partial charge < -0.3 is 10.4 Å². The standard InChI is InChI=1S/C21H24N2O3/c1-15-10-12-23(13-11-15)14-16-2-4-17(5-3-16)20(24)22-19-8-6-18(7-9-19)21(25)26/h2-9,15H,10-14H2,1H3,(H,22,24)(H,25,26). The summed E-state index contributed by atoms with van der Waals surface area (Å²) in [5.74, 6) is -0.366. The van der Waals surface area contributed by atoms with Crippen LogP contribution < -0.4 is 5.32 Å². The summed E-state index contributed by atoms with van der Waals surface area (Å²) in [5, 5.41) is 11.7. The van der Waals surface area contributed by atoms with E-state index in [1.54, 1.807) is 12.1 Å². The maximum Gasteiger partial charge on any atom is 0.335 e. The minimum atomic E-state index is -0.985. The topological polar surface area (TPSA) is 69.6 Å². The van der Waals surface area contributed by atoms with Crippen LogP contribution in [0.15, 0.2) is 48.5 Å². The second-order valence-corrected chi connectivity index (χ2v) is 6.99. The molecule has 5 nitrogen and oxygen atoms in total. The molecule has 2 aromatic rings. The van der Waals surface area contributed by atoms with Crippen molar-refractivity contribution >= 4 is 17.6 Å². The number of carboxylic acid groups (broad SMARTS) is 1. The molecule has 1 amide bonds. The molecule has 5 heteroatoms. The van der Waals surface area contributed by atoms with E-state index < -0.39 is 5.97 Å². The fraction of sp³-hybridized carbons (Fsp3) is 0.333. The second-order valence-electron chi connectivity index (χ2n) is 6.99. The summed E-state index contributed by atoms with van der Waals surface area (Å²) in [6.45, 7) is 5.50. The summed E-state index contributed by atoms with van der Waals surface area (Å²) in [7, 11) is 0. The van der Waals surface area contributed by atoms with Gasteiger partial charge in [0.05, 0.1) is 5.56 Å². The van der Waals surface area contributed by atoms with Gasteiger partial charge in [-0.1, -0.05) is 19.1 Å². The first-order valence-electron chi connectivity index (χ1n) is 8.97. The molecule has 26 heavy (non-hydrogen) atoms. The van der Waals surface area contributed by atoms with Gasteiger partial charge in [0.1, 0.15) is 0 Å². The van der Waals surface area contributed by atoms with Crippen LogP contribution in [0.25, 0.3) is 0 Å². The van der Waals surface area contributed by atoms with Crippen LogP contribution in [-0.4, -0.2) is 35.0 Å². The third-order valence-corrected chi connectivity index (χ3v) is 4.89. The highest BCUT2D eigenvalue weighted by atomic mass is 16.4. The summed E-state index contributed by atoms with van der Waals surface area (Å²) in [5.41, 5.74) is 2.57. The number of carbonyl (C=O) groups is 2. The number of likely N-dealkylation sites (tertiary alicyclic amines) is 1. The van der Waals surface area contributed by atoms with Gasteiger partial charge in [-0.3, -0.25) is 9.69 Å². The van der Waals surface area contributed by atoms with Crippen molar-refractivity contribution in [3.8, 4) is 0 Å². The number of hydrogen-bond acceptors (Lipinski definition) is 3. The number of hydrogen-bond donors (Lipinski definition) is 2. The van der Waals surface area contributed by atoms with Crippen LogP contribution in [0.2, 0.25) is 0 Å². The highest BCUT2D eigenvalue weighted by molar-refractivity contribution is 6.04. The SMILES string of the molecule is CC1CCN(Cc2ccc(C(=O)Nc3ccc(C(=O)O)cc3)cc2)CC1. The lowest BCUT2D eigenvalue weighted by atomic mass is 9.99. The Hall–Kier alpha value is -2.66. The number of piperidine rings is 1. The van der Waals surface area contributed by atoms with Crippen molar-refractivity contribution in [3.05, 3.63) is 65.2 Å². The van der Waals surface area contributed by atoms with Gasteiger partial charge in [-0.2, -0.15) is 0 Å². The maximum atomic E-state index is 12.3. The third-order valence-electron chi connectivity index (χ3n) is 4.89. The van der Waals surface area contributed by atoms with E-state index in [0.717, 1.165) is 25.6 Å². The van der Waals surface area contributed by atoms with Crippen molar-refractivity contribution in [2.45, 2.75) is 26.3 Å². The van der Waals surface area contributed by atoms with Crippen LogP contribution in [0, 0.1) is 5.92 Å². The van der Waals surface area contributed by atoms with Gasteiger partial charge >= 0.3 is 5.97 Å². The molecule has 3 rings (SSSR count). The lowest BCUT2D eigenvalue weighted by molar-refractivity contribution is 0.0696. The highest BCUT2D eigenvalue weighted by Gasteiger charge is 2.16. The maximum absolute atomic E-state index is 12.3. The molecular formula is C21H24N2O3. The largest absolute Gasteiger partial charge is 0.478 e. The minimum absolute atomic E-state index is 0.194. The van der Waals surface area contributed by atoms with E-state index >= 15 is 0 Å². The lowest BCUT2D eigenvalue weighted by Crippen LogP contribution is -2.32. The number of carbonyl (C=O) groups excluding carboxylic acids is 1. The summed E-state index contributed by atoms with van der Waals surface area (Å²) < 4.78 is 0. The van der Waals surface area contributed by atoms with Gasteiger partial charge in [0.2, 0.25) is 0 Å². The summed E-state index contributed by atoms with van der Waals surface area (Å²) in [6, 6.07) is 13.8. The van der Waals surface area contributed by atoms with E-state index in [1.807, 2.05) is 24.3 Å². The Morgan fingerprint density at radius 2 is 1.58 bits per heavy atom. The zero-order valence-electron chi connectivity index (χ0n) is 14.9. The van der Waals surface area contributed by atoms with Gasteiger partial charge in [0, 0.05) is 17.8 Å². The predicted molar refractivity (Wildman–Crippen MR) is 101 cm³/mol. The second kappa shape index (κ2) is 8.15. The Morgan fingerprint density at radius 3 is 2.15 bits per heavy atom. The van der Waals surface area contributed by atoms with Crippen LogP contribution in [-0.2, 0) is 6.54 Å². The molecule has 2 aromatic carbocycles. The van der Waals surface area contributed by atoms with E-state index in [4.69, 9.17) is 5.11 Å². The Bertz CT molecular complexity index is 761. The zero-order chi connectivity index (χ0) is 18.5. The molecule has 0 atom stereocenters. The molecule has 0 aliphatic carbocycles. The number of carboxylic acids is 1. The molecule has 0 unspecified atom stereocenters. The first-order valence-corrected chi connectivity index (χ1v) is 8.97. The molecule has 1 fully saturated rings. The highest BCUT2D eigenvalue weighted by Crippen LogP contribution is 2.18. The van der Waals surface area contributed by atoms with Crippen LogP contribution >= 0.6 is 0 Å². The number of amides is 1. The molecule has 2 N–H and O–H groups in total. The van der Waals surface area contributed by atoms with Crippen LogP contribution in [0.3, 0.4) is 0 Å². The summed E-state index contributed by atoms with van der Waals surface area (Å²) >= 11 is 0. The number of rotatable bonds is 5. The van der Waals surface area contributed by atoms with Gasteiger partial charge in [0.15, 0.2) is 0 Å². The number of nitrogens with zero attached hydrogens (tertiary/aromatic N) is 1. The van der Waals surface area contributed by atoms with Gasteiger partial charge in [0.25, 0.3) is 5.91 Å². The number of benzene rings is 2. The zero-order valence-corrected chi connectivity index (χ0v) is 14.9. The number of nitrogens with one attached hydrogen (secondary N) is 1. The van der Waals surface area contributed by atoms with Crippen LogP contribution in [0.4, 0.5) is 5.69 Å². The average molecular weight is 352 g/mol. The molecule has 0 aromatic heterocycles. The third kappa shape index (κ3) is 4.70. The van der Waals surface area contributed by atoms with E-state index in [0.29, 0.717) is 11.3 Å². The van der Waals surface area contributed by atoms with E-state index in [2.05, 4.69) is 17.1 Å². The van der Waals surface area contributed by atoms with Crippen molar-refractivity contribution in [1.82, 2.24) is 4.90 Å². The van der Waals surface area contributed by atoms with Crippen molar-refractivity contribution in [2.75, 3.05) is 18.4 Å². The minimum Gasteiger partial charge on any atom is -0.478 e. The van der Waals surface area contributed by atoms with Crippen LogP contribution in [0.5, 0.6) is 0 Å². The normalized spacial score (nSPS) is 15.6. The molecular weight excluding hydrogens is 328 g/mol. The van der Waals surface area contributed by atoms with Crippen molar-refractivity contribution < 1.29 is 14.7 Å². The first kappa shape index (κ1) is 18.1. The fourth-order valence-electron chi connectivity index (χ4n) is 3.14. The molecule has 0 radical (unpaired) electrons. The summed E-state index contributed by atoms with van der Waals surface area (Å²) in [6.07, 6.45) is 2.50. The van der Waals surface area contributed by atoms with Gasteiger partial charge in [-0.15, -0.1) is 0 Å². The molecule has 0 spiro atoms. The smallest absolute Gasteiger partial charge is 0.335 e. The van der Waals surface area contributed by atoms with Gasteiger partial charge in [-0.05, 0) is 73.8 Å². The summed E-state index contributed by atoms with van der Waals surface area (Å²) in [4.78, 5) is 25.6. The fourth-order valence-corrected chi connectivity index (χ4v) is 3.14. The Morgan fingerprint density at radius 1 is 1.00 bits per heavy atom. The Labute approximate surface area is 153 Å². The van der Waals surface area contributed by atoms with E-state index in [9.17, 15) is 9.59 Å². The lowest BCUT2D eigenvalue weighted by Gasteiger charge is -2.30. The first-order chi connectivity index (χ1) is 12.5. The molecule has 1 aliphatic heterocycles.